The zero-order chi connectivity index (χ0) is 40.7. The summed E-state index contributed by atoms with van der Waals surface area (Å²) in [5, 5.41) is 19.5. The minimum atomic E-state index is -1.04. The van der Waals surface area contributed by atoms with Crippen molar-refractivity contribution < 1.29 is 23.9 Å². The van der Waals surface area contributed by atoms with Gasteiger partial charge in [0.1, 0.15) is 41.7 Å². The Morgan fingerprint density at radius 2 is 1.39 bits per heavy atom. The number of aromatic nitrogens is 5. The molecule has 7 rings (SSSR count). The van der Waals surface area contributed by atoms with E-state index in [2.05, 4.69) is 35.4 Å². The van der Waals surface area contributed by atoms with E-state index in [1.54, 1.807) is 23.5 Å². The summed E-state index contributed by atoms with van der Waals surface area (Å²) in [6.07, 6.45) is 7.82. The highest BCUT2D eigenvalue weighted by molar-refractivity contribution is 5.85. The van der Waals surface area contributed by atoms with Gasteiger partial charge in [-0.3, -0.25) is 13.8 Å². The summed E-state index contributed by atoms with van der Waals surface area (Å²) in [5.74, 6) is 1.44. The van der Waals surface area contributed by atoms with Crippen LogP contribution in [0.4, 0.5) is 44.2 Å². The number of carboxylic acid groups (broad SMARTS) is 1. The van der Waals surface area contributed by atoms with E-state index in [1.165, 1.54) is 0 Å². The SMILES string of the molecule is Cc1c(Nc2ccc(N3CC[N+](C(=O)[O-])(C(C)(C)C)CC3)cn2)c(=O)n(C2CCCC2)c2nc(Nc3ccc(N4CCN(C(=O)OC(C)(C)C)CC4)cn3)ncc12. The number of anilines is 6. The van der Waals surface area contributed by atoms with Crippen LogP contribution in [0.2, 0.25) is 0 Å². The molecule has 4 aromatic rings. The highest BCUT2D eigenvalue weighted by Gasteiger charge is 2.45. The lowest BCUT2D eigenvalue weighted by Crippen LogP contribution is -2.73. The molecule has 0 atom stereocenters. The Morgan fingerprint density at radius 3 is 1.91 bits per heavy atom. The van der Waals surface area contributed by atoms with Crippen molar-refractivity contribution in [3.05, 3.63) is 58.8 Å². The summed E-state index contributed by atoms with van der Waals surface area (Å²) >= 11 is 0. The van der Waals surface area contributed by atoms with Crippen molar-refractivity contribution in [2.24, 2.45) is 0 Å². The third-order valence-electron chi connectivity index (χ3n) is 11.7. The molecule has 16 heteroatoms. The fourth-order valence-electron chi connectivity index (χ4n) is 8.24. The second kappa shape index (κ2) is 15.4. The van der Waals surface area contributed by atoms with Crippen LogP contribution in [0.15, 0.2) is 47.7 Å². The summed E-state index contributed by atoms with van der Waals surface area (Å²) in [4.78, 5) is 64.0. The minimum Gasteiger partial charge on any atom is -0.498 e. The van der Waals surface area contributed by atoms with Gasteiger partial charge in [-0.15, -0.1) is 0 Å². The van der Waals surface area contributed by atoms with Crippen LogP contribution < -0.4 is 31.1 Å². The Kier molecular flexibility index (Phi) is 10.8. The first-order valence-corrected chi connectivity index (χ1v) is 20.0. The van der Waals surface area contributed by atoms with Crippen LogP contribution >= 0.6 is 0 Å². The van der Waals surface area contributed by atoms with Crippen LogP contribution in [0.25, 0.3) is 11.0 Å². The second-order valence-electron chi connectivity index (χ2n) is 17.4. The van der Waals surface area contributed by atoms with E-state index in [9.17, 15) is 19.5 Å². The molecule has 2 saturated heterocycles. The highest BCUT2D eigenvalue weighted by atomic mass is 16.6. The van der Waals surface area contributed by atoms with E-state index >= 15 is 0 Å². The van der Waals surface area contributed by atoms with Crippen LogP contribution in [0.3, 0.4) is 0 Å². The van der Waals surface area contributed by atoms with E-state index in [1.807, 2.05) is 77.3 Å². The van der Waals surface area contributed by atoms with Crippen molar-refractivity contribution in [1.82, 2.24) is 29.4 Å². The molecule has 6 heterocycles. The number of aryl methyl sites for hydroxylation is 1. The molecule has 0 radical (unpaired) electrons. The van der Waals surface area contributed by atoms with Crippen molar-refractivity contribution in [2.75, 3.05) is 72.8 Å². The molecule has 0 spiro atoms. The molecule has 16 nitrogen and oxygen atoms in total. The number of nitrogens with zero attached hydrogens (tertiary/aromatic N) is 9. The molecule has 0 unspecified atom stereocenters. The van der Waals surface area contributed by atoms with E-state index in [4.69, 9.17) is 9.72 Å². The third kappa shape index (κ3) is 8.18. The van der Waals surface area contributed by atoms with Gasteiger partial charge in [0.05, 0.1) is 42.4 Å². The molecule has 1 aliphatic carbocycles. The monoisotopic (exact) mass is 781 g/mol. The van der Waals surface area contributed by atoms with E-state index < -0.39 is 17.2 Å². The topological polar surface area (TPSA) is 174 Å². The van der Waals surface area contributed by atoms with Crippen molar-refractivity contribution in [1.29, 1.82) is 0 Å². The molecule has 57 heavy (non-hydrogen) atoms. The largest absolute Gasteiger partial charge is 0.498 e. The number of ether oxygens (including phenoxy) is 1. The van der Waals surface area contributed by atoms with Crippen LogP contribution in [-0.2, 0) is 4.74 Å². The van der Waals surface area contributed by atoms with Gasteiger partial charge in [-0.1, -0.05) is 12.8 Å². The average Bonchev–Trinajstić information content (AvgIpc) is 3.71. The lowest BCUT2D eigenvalue weighted by atomic mass is 10.00. The summed E-state index contributed by atoms with van der Waals surface area (Å²) < 4.78 is 7.26. The average molecular weight is 782 g/mol. The molecule has 1 saturated carbocycles. The molecule has 3 fully saturated rings. The first-order chi connectivity index (χ1) is 27.0. The second-order valence-corrected chi connectivity index (χ2v) is 17.4. The Hall–Kier alpha value is -5.51. The third-order valence-corrected chi connectivity index (χ3v) is 11.7. The predicted molar refractivity (Wildman–Crippen MR) is 218 cm³/mol. The van der Waals surface area contributed by atoms with Crippen LogP contribution in [-0.4, -0.2) is 110 Å². The smallest absolute Gasteiger partial charge is 0.410 e. The Morgan fingerprint density at radius 1 is 0.807 bits per heavy atom. The Balaban J connectivity index is 1.06. The number of hydrogen-bond donors (Lipinski definition) is 2. The van der Waals surface area contributed by atoms with E-state index in [0.717, 1.165) is 48.0 Å². The molecular weight excluding hydrogens is 727 g/mol. The number of rotatable bonds is 7. The zero-order valence-corrected chi connectivity index (χ0v) is 34.2. The molecule has 3 aliphatic rings. The van der Waals surface area contributed by atoms with Gasteiger partial charge in [0.2, 0.25) is 5.95 Å². The van der Waals surface area contributed by atoms with Gasteiger partial charge < -0.3 is 40.0 Å². The quantitative estimate of drug-likeness (QED) is 0.231. The number of quaternary nitrogens is 1. The predicted octanol–water partition coefficient (Wildman–Crippen LogP) is 5.33. The lowest BCUT2D eigenvalue weighted by Gasteiger charge is -2.52. The summed E-state index contributed by atoms with van der Waals surface area (Å²) in [6.45, 7) is 17.8. The van der Waals surface area contributed by atoms with E-state index in [-0.39, 0.29) is 22.2 Å². The normalized spacial score (nSPS) is 17.8. The van der Waals surface area contributed by atoms with Gasteiger partial charge in [0.15, 0.2) is 0 Å². The molecular formula is C41H55N11O5. The first kappa shape index (κ1) is 39.7. The molecule has 2 N–H and O–H groups in total. The minimum absolute atomic E-state index is 0.00570. The zero-order valence-electron chi connectivity index (χ0n) is 34.2. The number of fused-ring (bicyclic) bond motifs is 1. The van der Waals surface area contributed by atoms with Crippen LogP contribution in [0.5, 0.6) is 0 Å². The van der Waals surface area contributed by atoms with Gasteiger partial charge in [0.25, 0.3) is 11.7 Å². The fraction of sp³-hybridized carbons (Fsp3) is 0.537. The van der Waals surface area contributed by atoms with E-state index in [0.29, 0.717) is 81.3 Å². The van der Waals surface area contributed by atoms with Gasteiger partial charge in [-0.05, 0) is 91.1 Å². The number of carbonyl (C=O) groups excluding carboxylic acids is 2. The summed E-state index contributed by atoms with van der Waals surface area (Å²) in [7, 11) is 0. The standard InChI is InChI=1S/C41H55N11O5/c1-27-31-26-44-37(46-33-15-13-29(24-43-33)48-16-18-50(19-17-48)38(54)57-41(5,6)7)47-35(31)51(28-10-8-9-11-28)36(53)34(27)45-32-14-12-30(25-42-32)49-20-22-52(23-21-49,39(55)56)40(2,3)4/h12-15,24-26,28H,8-11,16-23H2,1-7H3,(H2-,42,43,44,45,46,47,53,55,56). The lowest BCUT2D eigenvalue weighted by molar-refractivity contribution is -0.920. The Bertz CT molecular complexity index is 2160. The van der Waals surface area contributed by atoms with Gasteiger partial charge in [-0.25, -0.2) is 19.7 Å². The van der Waals surface area contributed by atoms with Gasteiger partial charge in [0, 0.05) is 43.8 Å². The van der Waals surface area contributed by atoms with Crippen molar-refractivity contribution in [3.8, 4) is 0 Å². The molecule has 304 valence electrons. The fourth-order valence-corrected chi connectivity index (χ4v) is 8.24. The summed E-state index contributed by atoms with van der Waals surface area (Å²) in [5.41, 5.74) is 2.40. The van der Waals surface area contributed by atoms with Crippen molar-refractivity contribution in [2.45, 2.75) is 91.3 Å². The number of piperazine rings is 2. The Labute approximate surface area is 333 Å². The highest BCUT2D eigenvalue weighted by Crippen LogP contribution is 2.34. The van der Waals surface area contributed by atoms with Gasteiger partial charge in [-0.2, -0.15) is 4.98 Å². The maximum absolute atomic E-state index is 14.4. The first-order valence-electron chi connectivity index (χ1n) is 20.0. The van der Waals surface area contributed by atoms with Crippen LogP contribution in [0.1, 0.15) is 78.8 Å². The number of amides is 2. The molecule has 4 aromatic heterocycles. The van der Waals surface area contributed by atoms with Crippen LogP contribution in [0, 0.1) is 6.92 Å². The number of hydrogen-bond acceptors (Lipinski definition) is 13. The maximum atomic E-state index is 14.4. The molecule has 2 aliphatic heterocycles. The number of pyridine rings is 3. The van der Waals surface area contributed by atoms with Gasteiger partial charge >= 0.3 is 6.09 Å². The van der Waals surface area contributed by atoms with Crippen molar-refractivity contribution >= 4 is 57.9 Å². The maximum Gasteiger partial charge on any atom is 0.410 e. The number of carbonyl (C=O) groups is 2. The molecule has 0 bridgehead atoms. The molecule has 0 aromatic carbocycles. The van der Waals surface area contributed by atoms with Crippen molar-refractivity contribution in [3.63, 3.8) is 0 Å². The molecule has 2 amide bonds. The summed E-state index contributed by atoms with van der Waals surface area (Å²) in [6, 6.07) is 7.67. The number of nitrogens with one attached hydrogen (secondary N) is 2.